The van der Waals surface area contributed by atoms with Crippen LogP contribution >= 0.6 is 0 Å². The molecule has 1 unspecified atom stereocenters. The Balaban J connectivity index is 1.86. The Morgan fingerprint density at radius 3 is 3.00 bits per heavy atom. The molecule has 2 heterocycles. The minimum atomic E-state index is -0.862. The van der Waals surface area contributed by atoms with Crippen molar-refractivity contribution in [1.82, 2.24) is 9.88 Å². The van der Waals surface area contributed by atoms with E-state index < -0.39 is 5.97 Å². The summed E-state index contributed by atoms with van der Waals surface area (Å²) in [6.07, 6.45) is -0.131. The topological polar surface area (TPSA) is 89.7 Å². The van der Waals surface area contributed by atoms with Gasteiger partial charge in [0.15, 0.2) is 0 Å². The van der Waals surface area contributed by atoms with Crippen LogP contribution in [0.15, 0.2) is 24.3 Å². The van der Waals surface area contributed by atoms with Gasteiger partial charge in [0.25, 0.3) is 0 Å². The third kappa shape index (κ3) is 3.77. The summed E-state index contributed by atoms with van der Waals surface area (Å²) in [6, 6.07) is 10.1. The number of aromatic nitrogens is 1. The molecule has 7 heteroatoms. The highest BCUT2D eigenvalue weighted by atomic mass is 16.5. The third-order valence-electron chi connectivity index (χ3n) is 4.60. The van der Waals surface area contributed by atoms with Gasteiger partial charge in [0.1, 0.15) is 11.9 Å². The van der Waals surface area contributed by atoms with Gasteiger partial charge in [-0.25, -0.2) is 4.98 Å². The van der Waals surface area contributed by atoms with Crippen molar-refractivity contribution in [2.24, 2.45) is 0 Å². The normalized spacial score (nSPS) is 17.5. The number of carboxylic acids is 1. The first kappa shape index (κ1) is 18.1. The summed E-state index contributed by atoms with van der Waals surface area (Å²) in [5.74, 6) is -0.184. The molecule has 1 N–H and O–H groups in total. The lowest BCUT2D eigenvalue weighted by Crippen LogP contribution is -2.48. The SMILES string of the molecule is Cc1c(C#N)c(N2CCOC(CN(C)CC(=O)O)C2)nc2ccccc12. The fraction of sp³-hybridized carbons (Fsp3) is 0.421. The van der Waals surface area contributed by atoms with Crippen molar-refractivity contribution in [1.29, 1.82) is 5.26 Å². The molecule has 1 aromatic heterocycles. The largest absolute Gasteiger partial charge is 0.480 e. The van der Waals surface area contributed by atoms with E-state index >= 15 is 0 Å². The van der Waals surface area contributed by atoms with E-state index in [-0.39, 0.29) is 12.6 Å². The summed E-state index contributed by atoms with van der Waals surface area (Å²) < 4.78 is 5.79. The molecule has 136 valence electrons. The Kier molecular flexibility index (Phi) is 5.35. The number of carbonyl (C=O) groups is 1. The van der Waals surface area contributed by atoms with Crippen molar-refractivity contribution >= 4 is 22.7 Å². The van der Waals surface area contributed by atoms with Crippen molar-refractivity contribution in [2.75, 3.05) is 44.7 Å². The van der Waals surface area contributed by atoms with Crippen LogP contribution in [0.25, 0.3) is 10.9 Å². The van der Waals surface area contributed by atoms with E-state index in [2.05, 4.69) is 11.0 Å². The van der Waals surface area contributed by atoms with Crippen LogP contribution in [0.1, 0.15) is 11.1 Å². The number of nitrogens with zero attached hydrogens (tertiary/aromatic N) is 4. The van der Waals surface area contributed by atoms with Crippen LogP contribution in [0.2, 0.25) is 0 Å². The minimum absolute atomic E-state index is 0.0311. The lowest BCUT2D eigenvalue weighted by Gasteiger charge is -2.36. The number of likely N-dealkylation sites (N-methyl/N-ethyl adjacent to an activating group) is 1. The second-order valence-electron chi connectivity index (χ2n) is 6.59. The van der Waals surface area contributed by atoms with Crippen molar-refractivity contribution in [2.45, 2.75) is 13.0 Å². The van der Waals surface area contributed by atoms with Crippen LogP contribution in [-0.4, -0.2) is 66.9 Å². The van der Waals surface area contributed by atoms with Gasteiger partial charge in [-0.2, -0.15) is 5.26 Å². The number of benzene rings is 1. The highest BCUT2D eigenvalue weighted by Crippen LogP contribution is 2.28. The van der Waals surface area contributed by atoms with E-state index in [4.69, 9.17) is 14.8 Å². The standard InChI is InChI=1S/C19H22N4O3/c1-13-15-5-3-4-6-17(15)21-19(16(13)9-20)23-7-8-26-14(11-23)10-22(2)12-18(24)25/h3-6,14H,7-8,10-12H2,1-2H3,(H,24,25). The number of para-hydroxylation sites is 1. The summed E-state index contributed by atoms with van der Waals surface area (Å²) in [4.78, 5) is 19.4. The molecular formula is C19H22N4O3. The van der Waals surface area contributed by atoms with E-state index in [1.165, 1.54) is 0 Å². The lowest BCUT2D eigenvalue weighted by molar-refractivity contribution is -0.138. The molecule has 1 atom stereocenters. The summed E-state index contributed by atoms with van der Waals surface area (Å²) in [5, 5.41) is 19.6. The van der Waals surface area contributed by atoms with Gasteiger partial charge in [0.05, 0.1) is 30.3 Å². The number of fused-ring (bicyclic) bond motifs is 1. The molecule has 0 aliphatic carbocycles. The maximum Gasteiger partial charge on any atom is 0.317 e. The van der Waals surface area contributed by atoms with Crippen LogP contribution in [0, 0.1) is 18.3 Å². The number of ether oxygens (including phenoxy) is 1. The molecule has 0 amide bonds. The average molecular weight is 354 g/mol. The van der Waals surface area contributed by atoms with Crippen LogP contribution in [0.5, 0.6) is 0 Å². The Morgan fingerprint density at radius 2 is 2.27 bits per heavy atom. The lowest BCUT2D eigenvalue weighted by atomic mass is 10.0. The molecule has 1 aromatic carbocycles. The molecule has 2 aromatic rings. The predicted molar refractivity (Wildman–Crippen MR) is 98.3 cm³/mol. The second-order valence-corrected chi connectivity index (χ2v) is 6.59. The number of hydrogen-bond donors (Lipinski definition) is 1. The molecule has 0 radical (unpaired) electrons. The van der Waals surface area contributed by atoms with Crippen LogP contribution in [0.4, 0.5) is 5.82 Å². The van der Waals surface area contributed by atoms with E-state index in [1.807, 2.05) is 31.2 Å². The first-order chi connectivity index (χ1) is 12.5. The van der Waals surface area contributed by atoms with Gasteiger partial charge in [-0.1, -0.05) is 18.2 Å². The quantitative estimate of drug-likeness (QED) is 0.873. The molecule has 0 saturated carbocycles. The first-order valence-electron chi connectivity index (χ1n) is 8.56. The number of rotatable bonds is 5. The van der Waals surface area contributed by atoms with Crippen LogP contribution in [0.3, 0.4) is 0 Å². The molecule has 0 spiro atoms. The van der Waals surface area contributed by atoms with Crippen molar-refractivity contribution in [3.05, 3.63) is 35.4 Å². The Morgan fingerprint density at radius 1 is 1.50 bits per heavy atom. The minimum Gasteiger partial charge on any atom is -0.480 e. The highest BCUT2D eigenvalue weighted by Gasteiger charge is 2.26. The third-order valence-corrected chi connectivity index (χ3v) is 4.60. The number of anilines is 1. The number of hydrogen-bond acceptors (Lipinski definition) is 6. The fourth-order valence-electron chi connectivity index (χ4n) is 3.39. The Bertz CT molecular complexity index is 862. The van der Waals surface area contributed by atoms with Gasteiger partial charge in [0.2, 0.25) is 0 Å². The zero-order valence-corrected chi connectivity index (χ0v) is 15.0. The summed E-state index contributed by atoms with van der Waals surface area (Å²) in [5.41, 5.74) is 2.38. The second kappa shape index (κ2) is 7.68. The van der Waals surface area contributed by atoms with Crippen molar-refractivity contribution < 1.29 is 14.6 Å². The van der Waals surface area contributed by atoms with Gasteiger partial charge in [0, 0.05) is 25.0 Å². The molecular weight excluding hydrogens is 332 g/mol. The van der Waals surface area contributed by atoms with Crippen molar-refractivity contribution in [3.8, 4) is 6.07 Å². The number of pyridine rings is 1. The van der Waals surface area contributed by atoms with Gasteiger partial charge in [-0.05, 0) is 25.6 Å². The monoisotopic (exact) mass is 354 g/mol. The zero-order valence-electron chi connectivity index (χ0n) is 15.0. The van der Waals surface area contributed by atoms with Gasteiger partial charge in [-0.15, -0.1) is 0 Å². The van der Waals surface area contributed by atoms with Gasteiger partial charge in [-0.3, -0.25) is 9.69 Å². The number of carboxylic acid groups (broad SMARTS) is 1. The fourth-order valence-corrected chi connectivity index (χ4v) is 3.39. The number of aryl methyl sites for hydroxylation is 1. The summed E-state index contributed by atoms with van der Waals surface area (Å²) in [7, 11) is 1.76. The zero-order chi connectivity index (χ0) is 18.7. The average Bonchev–Trinajstić information content (AvgIpc) is 2.61. The van der Waals surface area contributed by atoms with E-state index in [1.54, 1.807) is 11.9 Å². The molecule has 7 nitrogen and oxygen atoms in total. The van der Waals surface area contributed by atoms with Gasteiger partial charge < -0.3 is 14.7 Å². The van der Waals surface area contributed by atoms with E-state index in [9.17, 15) is 10.1 Å². The summed E-state index contributed by atoms with van der Waals surface area (Å²) >= 11 is 0. The molecule has 1 fully saturated rings. The molecule has 3 rings (SSSR count). The smallest absolute Gasteiger partial charge is 0.317 e. The van der Waals surface area contributed by atoms with E-state index in [0.717, 1.165) is 16.5 Å². The molecule has 1 aliphatic rings. The first-order valence-corrected chi connectivity index (χ1v) is 8.56. The molecule has 0 bridgehead atoms. The number of nitriles is 1. The van der Waals surface area contributed by atoms with E-state index in [0.29, 0.717) is 37.6 Å². The van der Waals surface area contributed by atoms with Crippen molar-refractivity contribution in [3.63, 3.8) is 0 Å². The maximum absolute atomic E-state index is 10.8. The number of aliphatic carboxylic acids is 1. The highest BCUT2D eigenvalue weighted by molar-refractivity contribution is 5.87. The number of morpholine rings is 1. The predicted octanol–water partition coefficient (Wildman–Crippen LogP) is 1.64. The van der Waals surface area contributed by atoms with Crippen LogP contribution in [-0.2, 0) is 9.53 Å². The molecule has 26 heavy (non-hydrogen) atoms. The Hall–Kier alpha value is -2.69. The Labute approximate surface area is 152 Å². The molecule has 1 saturated heterocycles. The van der Waals surface area contributed by atoms with Gasteiger partial charge >= 0.3 is 5.97 Å². The summed E-state index contributed by atoms with van der Waals surface area (Å²) in [6.45, 7) is 4.17. The van der Waals surface area contributed by atoms with Crippen LogP contribution < -0.4 is 4.90 Å². The maximum atomic E-state index is 10.8. The molecule has 1 aliphatic heterocycles.